The van der Waals surface area contributed by atoms with Gasteiger partial charge in [0.25, 0.3) is 0 Å². The number of unbranched alkanes of at least 4 members (excludes halogenated alkanes) is 1. The van der Waals surface area contributed by atoms with E-state index in [0.29, 0.717) is 13.0 Å². The molecule has 88 valence electrons. The highest BCUT2D eigenvalue weighted by Crippen LogP contribution is 2.21. The predicted molar refractivity (Wildman–Crippen MR) is 67.4 cm³/mol. The highest BCUT2D eigenvalue weighted by Gasteiger charge is 2.00. The van der Waals surface area contributed by atoms with Gasteiger partial charge in [0.1, 0.15) is 5.75 Å². The molecule has 1 aromatic carbocycles. The predicted octanol–water partition coefficient (Wildman–Crippen LogP) is 3.13. The zero-order chi connectivity index (χ0) is 12.0. The number of rotatable bonds is 6. The zero-order valence-electron chi connectivity index (χ0n) is 9.42. The van der Waals surface area contributed by atoms with Gasteiger partial charge in [-0.3, -0.25) is 5.41 Å². The molecule has 0 aliphatic heterocycles. The van der Waals surface area contributed by atoms with Crippen molar-refractivity contribution in [1.29, 1.82) is 5.41 Å². The lowest BCUT2D eigenvalue weighted by Gasteiger charge is -2.08. The van der Waals surface area contributed by atoms with Crippen molar-refractivity contribution in [3.63, 3.8) is 0 Å². The number of hydrogen-bond donors (Lipinski definition) is 2. The van der Waals surface area contributed by atoms with Gasteiger partial charge in [-0.2, -0.15) is 0 Å². The van der Waals surface area contributed by atoms with Gasteiger partial charge in [-0.05, 0) is 43.5 Å². The molecule has 0 radical (unpaired) electrons. The summed E-state index contributed by atoms with van der Waals surface area (Å²) < 4.78 is 5.60. The van der Waals surface area contributed by atoms with Gasteiger partial charge in [0.2, 0.25) is 0 Å². The Morgan fingerprint density at radius 3 is 2.81 bits per heavy atom. The van der Waals surface area contributed by atoms with Crippen LogP contribution in [0.5, 0.6) is 5.75 Å². The first-order chi connectivity index (χ1) is 7.59. The van der Waals surface area contributed by atoms with E-state index in [4.69, 9.17) is 27.5 Å². The van der Waals surface area contributed by atoms with E-state index in [2.05, 4.69) is 0 Å². The maximum absolute atomic E-state index is 7.07. The third-order valence-corrected chi connectivity index (χ3v) is 2.47. The van der Waals surface area contributed by atoms with Crippen LogP contribution < -0.4 is 10.5 Å². The van der Waals surface area contributed by atoms with Gasteiger partial charge in [0.15, 0.2) is 0 Å². The molecule has 1 aromatic rings. The molecule has 0 spiro atoms. The van der Waals surface area contributed by atoms with Gasteiger partial charge < -0.3 is 10.5 Å². The molecular weight excluding hydrogens is 224 g/mol. The summed E-state index contributed by atoms with van der Waals surface area (Å²) in [5.74, 6) is 1.11. The van der Waals surface area contributed by atoms with Crippen LogP contribution in [-0.2, 0) is 0 Å². The minimum absolute atomic E-state index is 0.239. The number of halogens is 1. The number of nitrogens with two attached hydrogens (primary N) is 1. The van der Waals surface area contributed by atoms with E-state index in [-0.39, 0.29) is 5.84 Å². The van der Waals surface area contributed by atoms with E-state index < -0.39 is 0 Å². The highest BCUT2D eigenvalue weighted by molar-refractivity contribution is 6.30. The molecule has 1 rings (SSSR count). The van der Waals surface area contributed by atoms with Gasteiger partial charge in [-0.25, -0.2) is 0 Å². The lowest BCUT2D eigenvalue weighted by atomic mass is 10.2. The maximum atomic E-state index is 7.07. The second-order valence-corrected chi connectivity index (χ2v) is 4.18. The normalized spacial score (nSPS) is 10.1. The maximum Gasteiger partial charge on any atom is 0.122 e. The molecule has 0 unspecified atom stereocenters. The summed E-state index contributed by atoms with van der Waals surface area (Å²) in [5, 5.41) is 7.80. The fraction of sp³-hybridized carbons (Fsp3) is 0.417. The molecule has 0 saturated heterocycles. The summed E-state index contributed by atoms with van der Waals surface area (Å²) in [6.07, 6.45) is 2.44. The van der Waals surface area contributed by atoms with Crippen molar-refractivity contribution in [3.8, 4) is 5.75 Å². The first-order valence-corrected chi connectivity index (χ1v) is 5.69. The summed E-state index contributed by atoms with van der Waals surface area (Å²) >= 11 is 5.84. The van der Waals surface area contributed by atoms with Crippen LogP contribution in [0, 0.1) is 12.3 Å². The van der Waals surface area contributed by atoms with Crippen LogP contribution in [0.25, 0.3) is 0 Å². The monoisotopic (exact) mass is 240 g/mol. The molecule has 3 nitrogen and oxygen atoms in total. The second kappa shape index (κ2) is 6.38. The summed E-state index contributed by atoms with van der Waals surface area (Å²) in [7, 11) is 0. The number of benzene rings is 1. The van der Waals surface area contributed by atoms with Crippen LogP contribution in [0.15, 0.2) is 18.2 Å². The number of amidine groups is 1. The van der Waals surface area contributed by atoms with Crippen molar-refractivity contribution in [3.05, 3.63) is 28.8 Å². The average molecular weight is 241 g/mol. The Balaban J connectivity index is 2.29. The smallest absolute Gasteiger partial charge is 0.122 e. The SMILES string of the molecule is Cc1cc(Cl)ccc1OCCCCC(=N)N. The van der Waals surface area contributed by atoms with E-state index in [0.717, 1.165) is 29.2 Å². The number of ether oxygens (including phenoxy) is 1. The van der Waals surface area contributed by atoms with Crippen LogP contribution in [0.4, 0.5) is 0 Å². The molecule has 0 heterocycles. The van der Waals surface area contributed by atoms with Crippen molar-refractivity contribution >= 4 is 17.4 Å². The first kappa shape index (κ1) is 12.8. The van der Waals surface area contributed by atoms with Gasteiger partial charge in [0.05, 0.1) is 12.4 Å². The molecule has 0 aliphatic rings. The van der Waals surface area contributed by atoms with Gasteiger partial charge >= 0.3 is 0 Å². The Morgan fingerprint density at radius 1 is 1.44 bits per heavy atom. The fourth-order valence-corrected chi connectivity index (χ4v) is 1.60. The van der Waals surface area contributed by atoms with Gasteiger partial charge in [-0.1, -0.05) is 11.6 Å². The highest BCUT2D eigenvalue weighted by atomic mass is 35.5. The summed E-state index contributed by atoms with van der Waals surface area (Å²) in [6, 6.07) is 5.58. The van der Waals surface area contributed by atoms with Crippen molar-refractivity contribution in [2.75, 3.05) is 6.61 Å². The minimum Gasteiger partial charge on any atom is -0.493 e. The second-order valence-electron chi connectivity index (χ2n) is 3.74. The zero-order valence-corrected chi connectivity index (χ0v) is 10.2. The molecule has 0 bridgehead atoms. The van der Waals surface area contributed by atoms with Crippen LogP contribution in [-0.4, -0.2) is 12.4 Å². The minimum atomic E-state index is 0.239. The van der Waals surface area contributed by atoms with Crippen molar-refractivity contribution in [2.24, 2.45) is 5.73 Å². The standard InChI is InChI=1S/C12H17ClN2O/c1-9-8-10(13)5-6-11(9)16-7-3-2-4-12(14)15/h5-6,8H,2-4,7H2,1H3,(H3,14,15). The third-order valence-electron chi connectivity index (χ3n) is 2.23. The van der Waals surface area contributed by atoms with Crippen molar-refractivity contribution in [2.45, 2.75) is 26.2 Å². The largest absolute Gasteiger partial charge is 0.493 e. The Bertz CT molecular complexity index is 366. The van der Waals surface area contributed by atoms with Crippen LogP contribution >= 0.6 is 11.6 Å². The fourth-order valence-electron chi connectivity index (χ4n) is 1.37. The first-order valence-electron chi connectivity index (χ1n) is 5.31. The van der Waals surface area contributed by atoms with E-state index >= 15 is 0 Å². The molecule has 4 heteroatoms. The van der Waals surface area contributed by atoms with E-state index in [9.17, 15) is 0 Å². The Hall–Kier alpha value is -1.22. The molecule has 16 heavy (non-hydrogen) atoms. The number of nitrogens with one attached hydrogen (secondary N) is 1. The van der Waals surface area contributed by atoms with Crippen LogP contribution in [0.1, 0.15) is 24.8 Å². The molecule has 0 aromatic heterocycles. The summed E-state index contributed by atoms with van der Waals surface area (Å²) in [5.41, 5.74) is 6.30. The van der Waals surface area contributed by atoms with Crippen molar-refractivity contribution < 1.29 is 4.74 Å². The molecule has 3 N–H and O–H groups in total. The van der Waals surface area contributed by atoms with E-state index in [1.165, 1.54) is 0 Å². The third kappa shape index (κ3) is 4.53. The molecule has 0 saturated carbocycles. The quantitative estimate of drug-likeness (QED) is 0.456. The Labute approximate surface area is 101 Å². The molecule has 0 atom stereocenters. The van der Waals surface area contributed by atoms with Crippen LogP contribution in [0.2, 0.25) is 5.02 Å². The lowest BCUT2D eigenvalue weighted by molar-refractivity contribution is 0.306. The summed E-state index contributed by atoms with van der Waals surface area (Å²) in [6.45, 7) is 2.62. The Kier molecular flexibility index (Phi) is 5.12. The number of aryl methyl sites for hydroxylation is 1. The number of hydrogen-bond acceptors (Lipinski definition) is 2. The molecule has 0 fully saturated rings. The van der Waals surface area contributed by atoms with E-state index in [1.54, 1.807) is 0 Å². The molecule has 0 amide bonds. The van der Waals surface area contributed by atoms with E-state index in [1.807, 2.05) is 25.1 Å². The van der Waals surface area contributed by atoms with Gasteiger partial charge in [0, 0.05) is 11.4 Å². The summed E-state index contributed by atoms with van der Waals surface area (Å²) in [4.78, 5) is 0. The topological polar surface area (TPSA) is 59.1 Å². The Morgan fingerprint density at radius 2 is 2.19 bits per heavy atom. The average Bonchev–Trinajstić information content (AvgIpc) is 2.20. The molecular formula is C12H17ClN2O. The lowest BCUT2D eigenvalue weighted by Crippen LogP contribution is -2.09. The van der Waals surface area contributed by atoms with Crippen LogP contribution in [0.3, 0.4) is 0 Å². The van der Waals surface area contributed by atoms with Crippen molar-refractivity contribution in [1.82, 2.24) is 0 Å². The van der Waals surface area contributed by atoms with Gasteiger partial charge in [-0.15, -0.1) is 0 Å². The molecule has 0 aliphatic carbocycles.